The van der Waals surface area contributed by atoms with Gasteiger partial charge in [-0.15, -0.1) is 0 Å². The van der Waals surface area contributed by atoms with Gasteiger partial charge in [0.15, 0.2) is 0 Å². The number of fused-ring (bicyclic) bond motifs is 1. The minimum absolute atomic E-state index is 0.0416. The maximum Gasteiger partial charge on any atom is 0.243 e. The summed E-state index contributed by atoms with van der Waals surface area (Å²) < 4.78 is 27.6. The molecule has 0 radical (unpaired) electrons. The number of hydrogen-bond donors (Lipinski definition) is 1. The Balaban J connectivity index is 1.37. The standard InChI is InChI=1S/C24H25N3O4S/c1-18(28)25-22-9-6-19(7-10-22)16-24(29)26-12-14-27(15-13-26)32(30,31)23-11-8-20-4-2-3-5-21(20)17-23/h2-11,17H,12-16H2,1H3,(H,25,28). The van der Waals surface area contributed by atoms with Gasteiger partial charge in [0.05, 0.1) is 11.3 Å². The van der Waals surface area contributed by atoms with Gasteiger partial charge in [0.1, 0.15) is 0 Å². The normalized spacial score (nSPS) is 15.0. The molecule has 1 N–H and O–H groups in total. The van der Waals surface area contributed by atoms with Crippen LogP contribution < -0.4 is 5.32 Å². The van der Waals surface area contributed by atoms with E-state index in [1.807, 2.05) is 42.5 Å². The topological polar surface area (TPSA) is 86.8 Å². The first-order valence-corrected chi connectivity index (χ1v) is 11.9. The van der Waals surface area contributed by atoms with Crippen LogP contribution in [-0.2, 0) is 26.0 Å². The average molecular weight is 452 g/mol. The van der Waals surface area contributed by atoms with E-state index in [2.05, 4.69) is 5.32 Å². The molecule has 0 aliphatic carbocycles. The number of nitrogens with one attached hydrogen (secondary N) is 1. The third-order valence-corrected chi connectivity index (χ3v) is 7.47. The van der Waals surface area contributed by atoms with Gasteiger partial charge in [0.25, 0.3) is 0 Å². The molecule has 166 valence electrons. The lowest BCUT2D eigenvalue weighted by Gasteiger charge is -2.34. The first-order chi connectivity index (χ1) is 15.3. The minimum atomic E-state index is -3.62. The average Bonchev–Trinajstić information content (AvgIpc) is 2.79. The summed E-state index contributed by atoms with van der Waals surface area (Å²) in [5, 5.41) is 4.57. The van der Waals surface area contributed by atoms with Gasteiger partial charge < -0.3 is 10.2 Å². The zero-order valence-electron chi connectivity index (χ0n) is 17.8. The molecule has 0 atom stereocenters. The number of carbonyl (C=O) groups excluding carboxylic acids is 2. The van der Waals surface area contributed by atoms with E-state index in [0.717, 1.165) is 16.3 Å². The molecule has 4 rings (SSSR count). The van der Waals surface area contributed by atoms with Gasteiger partial charge in [0, 0.05) is 38.8 Å². The Bertz CT molecular complexity index is 1250. The van der Waals surface area contributed by atoms with Crippen molar-refractivity contribution in [3.05, 3.63) is 72.3 Å². The van der Waals surface area contributed by atoms with Gasteiger partial charge in [-0.3, -0.25) is 9.59 Å². The SMILES string of the molecule is CC(=O)Nc1ccc(CC(=O)N2CCN(S(=O)(=O)c3ccc4ccccc4c3)CC2)cc1. The van der Waals surface area contributed by atoms with E-state index in [0.29, 0.717) is 18.8 Å². The van der Waals surface area contributed by atoms with Gasteiger partial charge in [-0.25, -0.2) is 8.42 Å². The van der Waals surface area contributed by atoms with Crippen molar-refractivity contribution in [1.29, 1.82) is 0 Å². The van der Waals surface area contributed by atoms with Gasteiger partial charge in [-0.1, -0.05) is 42.5 Å². The highest BCUT2D eigenvalue weighted by Crippen LogP contribution is 2.23. The summed E-state index contributed by atoms with van der Waals surface area (Å²) in [5.41, 5.74) is 1.52. The largest absolute Gasteiger partial charge is 0.340 e. The predicted octanol–water partition coefficient (Wildman–Crippen LogP) is 2.87. The molecule has 0 spiro atoms. The minimum Gasteiger partial charge on any atom is -0.340 e. The van der Waals surface area contributed by atoms with Crippen molar-refractivity contribution in [1.82, 2.24) is 9.21 Å². The summed E-state index contributed by atoms with van der Waals surface area (Å²) in [6.07, 6.45) is 0.234. The van der Waals surface area contributed by atoms with Crippen LogP contribution >= 0.6 is 0 Å². The molecule has 8 heteroatoms. The smallest absolute Gasteiger partial charge is 0.243 e. The molecule has 0 aromatic heterocycles. The molecular weight excluding hydrogens is 426 g/mol. The lowest BCUT2D eigenvalue weighted by Crippen LogP contribution is -2.50. The van der Waals surface area contributed by atoms with Crippen LogP contribution in [0.3, 0.4) is 0 Å². The Morgan fingerprint density at radius 1 is 0.875 bits per heavy atom. The number of piperazine rings is 1. The fourth-order valence-electron chi connectivity index (χ4n) is 3.85. The quantitative estimate of drug-likeness (QED) is 0.646. The number of benzene rings is 3. The third-order valence-electron chi connectivity index (χ3n) is 5.58. The lowest BCUT2D eigenvalue weighted by atomic mass is 10.1. The van der Waals surface area contributed by atoms with E-state index in [9.17, 15) is 18.0 Å². The van der Waals surface area contributed by atoms with E-state index in [4.69, 9.17) is 0 Å². The predicted molar refractivity (Wildman–Crippen MR) is 124 cm³/mol. The number of amides is 2. The van der Waals surface area contributed by atoms with Crippen molar-refractivity contribution in [2.45, 2.75) is 18.2 Å². The number of rotatable bonds is 5. The van der Waals surface area contributed by atoms with Crippen LogP contribution in [0.25, 0.3) is 10.8 Å². The van der Waals surface area contributed by atoms with Crippen LogP contribution in [0.4, 0.5) is 5.69 Å². The highest BCUT2D eigenvalue weighted by atomic mass is 32.2. The van der Waals surface area contributed by atoms with Gasteiger partial charge in [-0.2, -0.15) is 4.31 Å². The maximum absolute atomic E-state index is 13.1. The molecule has 7 nitrogen and oxygen atoms in total. The summed E-state index contributed by atoms with van der Waals surface area (Å²) in [6, 6.07) is 20.0. The first kappa shape index (κ1) is 22.0. The molecule has 1 fully saturated rings. The first-order valence-electron chi connectivity index (χ1n) is 10.5. The van der Waals surface area contributed by atoms with Gasteiger partial charge in [0.2, 0.25) is 21.8 Å². The van der Waals surface area contributed by atoms with Crippen LogP contribution in [-0.4, -0.2) is 55.6 Å². The number of sulfonamides is 1. The van der Waals surface area contributed by atoms with Crippen molar-refractivity contribution >= 4 is 38.3 Å². The summed E-state index contributed by atoms with van der Waals surface area (Å²) in [5.74, 6) is -0.189. The number of nitrogens with zero attached hydrogens (tertiary/aromatic N) is 2. The second-order valence-corrected chi connectivity index (χ2v) is 9.79. The van der Waals surface area contributed by atoms with Crippen LogP contribution in [0.1, 0.15) is 12.5 Å². The molecule has 0 saturated carbocycles. The van der Waals surface area contributed by atoms with E-state index in [1.54, 1.807) is 29.2 Å². The van der Waals surface area contributed by atoms with Crippen LogP contribution in [0.15, 0.2) is 71.6 Å². The highest BCUT2D eigenvalue weighted by Gasteiger charge is 2.30. The van der Waals surface area contributed by atoms with Crippen molar-refractivity contribution < 1.29 is 18.0 Å². The van der Waals surface area contributed by atoms with Crippen LogP contribution in [0, 0.1) is 0 Å². The van der Waals surface area contributed by atoms with Gasteiger partial charge in [-0.05, 0) is 40.6 Å². The van der Waals surface area contributed by atoms with E-state index >= 15 is 0 Å². The maximum atomic E-state index is 13.1. The summed E-state index contributed by atoms with van der Waals surface area (Å²) in [4.78, 5) is 25.8. The van der Waals surface area contributed by atoms with Crippen molar-refractivity contribution in [3.8, 4) is 0 Å². The monoisotopic (exact) mass is 451 g/mol. The van der Waals surface area contributed by atoms with E-state index < -0.39 is 10.0 Å². The fourth-order valence-corrected chi connectivity index (χ4v) is 5.31. The third kappa shape index (κ3) is 4.81. The Labute approximate surface area is 187 Å². The van der Waals surface area contributed by atoms with E-state index in [-0.39, 0.29) is 36.2 Å². The lowest BCUT2D eigenvalue weighted by molar-refractivity contribution is -0.131. The fraction of sp³-hybridized carbons (Fsp3) is 0.250. The molecule has 32 heavy (non-hydrogen) atoms. The van der Waals surface area contributed by atoms with Crippen LogP contribution in [0.5, 0.6) is 0 Å². The molecule has 1 aliphatic rings. The molecule has 0 unspecified atom stereocenters. The number of anilines is 1. The molecule has 1 heterocycles. The summed E-state index contributed by atoms with van der Waals surface area (Å²) in [7, 11) is -3.62. The molecule has 0 bridgehead atoms. The van der Waals surface area contributed by atoms with Gasteiger partial charge >= 0.3 is 0 Å². The molecular formula is C24H25N3O4S. The van der Waals surface area contributed by atoms with Crippen molar-refractivity contribution in [2.24, 2.45) is 0 Å². The molecule has 1 aliphatic heterocycles. The van der Waals surface area contributed by atoms with Crippen molar-refractivity contribution in [2.75, 3.05) is 31.5 Å². The zero-order valence-corrected chi connectivity index (χ0v) is 18.6. The molecule has 3 aromatic carbocycles. The van der Waals surface area contributed by atoms with Crippen molar-refractivity contribution in [3.63, 3.8) is 0 Å². The zero-order chi connectivity index (χ0) is 22.7. The Morgan fingerprint density at radius 3 is 2.19 bits per heavy atom. The molecule has 3 aromatic rings. The Kier molecular flexibility index (Phi) is 6.25. The van der Waals surface area contributed by atoms with Crippen LogP contribution in [0.2, 0.25) is 0 Å². The summed E-state index contributed by atoms with van der Waals surface area (Å²) >= 11 is 0. The number of hydrogen-bond acceptors (Lipinski definition) is 4. The second-order valence-electron chi connectivity index (χ2n) is 7.85. The Morgan fingerprint density at radius 2 is 1.53 bits per heavy atom. The highest BCUT2D eigenvalue weighted by molar-refractivity contribution is 7.89. The number of carbonyl (C=O) groups is 2. The summed E-state index contributed by atoms with van der Waals surface area (Å²) in [6.45, 7) is 2.69. The molecule has 2 amide bonds. The molecule has 1 saturated heterocycles. The second kappa shape index (κ2) is 9.10. The Hall–Kier alpha value is -3.23. The van der Waals surface area contributed by atoms with E-state index in [1.165, 1.54) is 11.2 Å².